The Bertz CT molecular complexity index is 616. The summed E-state index contributed by atoms with van der Waals surface area (Å²) in [5.41, 5.74) is 5.22. The Kier molecular flexibility index (Phi) is 18.3. The first-order valence-corrected chi connectivity index (χ1v) is 11.4. The van der Waals surface area contributed by atoms with Gasteiger partial charge in [-0.15, -0.1) is 0 Å². The van der Waals surface area contributed by atoms with Crippen molar-refractivity contribution in [2.75, 3.05) is 52.9 Å². The lowest BCUT2D eigenvalue weighted by Crippen LogP contribution is -2.46. The molecule has 0 aliphatic heterocycles. The first-order chi connectivity index (χ1) is 15.8. The first-order valence-electron chi connectivity index (χ1n) is 11.4. The molecule has 0 bridgehead atoms. The molecular formula is C21H40N6O6. The summed E-state index contributed by atoms with van der Waals surface area (Å²) in [7, 11) is 1.59. The molecule has 0 saturated heterocycles. The van der Waals surface area contributed by atoms with Crippen molar-refractivity contribution >= 4 is 29.5 Å². The number of unbranched alkanes of at least 4 members (excludes halogenated alkanes) is 4. The van der Waals surface area contributed by atoms with E-state index in [9.17, 15) is 24.0 Å². The Morgan fingerprint density at radius 1 is 0.667 bits per heavy atom. The summed E-state index contributed by atoms with van der Waals surface area (Å²) < 4.78 is 0. The number of aliphatic hydroxyl groups is 1. The minimum Gasteiger partial charge on any atom is -0.395 e. The largest absolute Gasteiger partial charge is 0.395 e. The third-order valence-electron chi connectivity index (χ3n) is 4.63. The summed E-state index contributed by atoms with van der Waals surface area (Å²) in [4.78, 5) is 59.4. The van der Waals surface area contributed by atoms with E-state index in [-0.39, 0.29) is 56.4 Å². The van der Waals surface area contributed by atoms with E-state index in [4.69, 9.17) is 10.8 Å². The van der Waals surface area contributed by atoms with Crippen LogP contribution in [-0.2, 0) is 24.0 Å². The summed E-state index contributed by atoms with van der Waals surface area (Å²) in [6.45, 7) is 0.547. The monoisotopic (exact) mass is 472 g/mol. The van der Waals surface area contributed by atoms with Crippen LogP contribution in [0.25, 0.3) is 0 Å². The number of nitrogens with zero attached hydrogens (tertiary/aromatic N) is 1. The van der Waals surface area contributed by atoms with Crippen LogP contribution in [0, 0.1) is 0 Å². The van der Waals surface area contributed by atoms with Crippen molar-refractivity contribution in [1.82, 2.24) is 26.2 Å². The standard InChI is InChI=1S/C21H40N6O6/c1-23-18(30)8-4-2-6-10-24-20(32)15-27(14-17(22)29)16-21(33)25-11-7-3-5-9-19(31)26-12-13-28/h28H,2-16H2,1H3,(H2,22,29)(H,23,30)(H,24,32)(H,25,33)(H,26,31). The molecule has 12 nitrogen and oxygen atoms in total. The van der Waals surface area contributed by atoms with Crippen molar-refractivity contribution in [1.29, 1.82) is 0 Å². The van der Waals surface area contributed by atoms with Crippen molar-refractivity contribution in [2.45, 2.75) is 51.4 Å². The second kappa shape index (κ2) is 19.9. The van der Waals surface area contributed by atoms with E-state index in [0.29, 0.717) is 38.8 Å². The third kappa shape index (κ3) is 19.7. The summed E-state index contributed by atoms with van der Waals surface area (Å²) in [5, 5.41) is 19.2. The Morgan fingerprint density at radius 3 is 1.61 bits per heavy atom. The molecule has 0 atom stereocenters. The van der Waals surface area contributed by atoms with Crippen LogP contribution in [0.1, 0.15) is 51.4 Å². The van der Waals surface area contributed by atoms with Gasteiger partial charge in [0, 0.05) is 39.5 Å². The van der Waals surface area contributed by atoms with E-state index in [1.807, 2.05) is 0 Å². The fourth-order valence-electron chi connectivity index (χ4n) is 2.95. The molecule has 0 rings (SSSR count). The number of nitrogens with two attached hydrogens (primary N) is 1. The van der Waals surface area contributed by atoms with Gasteiger partial charge in [-0.3, -0.25) is 28.9 Å². The van der Waals surface area contributed by atoms with E-state index in [1.165, 1.54) is 4.90 Å². The lowest BCUT2D eigenvalue weighted by molar-refractivity contribution is -0.127. The number of hydrogen-bond acceptors (Lipinski definition) is 7. The van der Waals surface area contributed by atoms with Gasteiger partial charge in [-0.25, -0.2) is 0 Å². The Morgan fingerprint density at radius 2 is 1.15 bits per heavy atom. The van der Waals surface area contributed by atoms with Crippen LogP contribution in [0.15, 0.2) is 0 Å². The number of nitrogens with one attached hydrogen (secondary N) is 4. The smallest absolute Gasteiger partial charge is 0.234 e. The maximum absolute atomic E-state index is 12.1. The van der Waals surface area contributed by atoms with Gasteiger partial charge in [0.15, 0.2) is 0 Å². The summed E-state index contributed by atoms with van der Waals surface area (Å²) in [6, 6.07) is 0. The second-order valence-electron chi connectivity index (χ2n) is 7.68. The molecule has 5 amide bonds. The van der Waals surface area contributed by atoms with Crippen LogP contribution < -0.4 is 27.0 Å². The number of carbonyl (C=O) groups is 5. The Labute approximate surface area is 195 Å². The number of aliphatic hydroxyl groups excluding tert-OH is 1. The first kappa shape index (κ1) is 30.3. The molecule has 12 heteroatoms. The van der Waals surface area contributed by atoms with Gasteiger partial charge >= 0.3 is 0 Å². The molecule has 7 N–H and O–H groups in total. The molecule has 0 aromatic carbocycles. The molecule has 0 heterocycles. The van der Waals surface area contributed by atoms with Crippen LogP contribution in [-0.4, -0.2) is 92.5 Å². The molecule has 0 saturated carbocycles. The molecule has 190 valence electrons. The van der Waals surface area contributed by atoms with Crippen LogP contribution in [0.3, 0.4) is 0 Å². The Hall–Kier alpha value is -2.73. The number of primary amides is 1. The molecule has 0 fully saturated rings. The maximum Gasteiger partial charge on any atom is 0.234 e. The van der Waals surface area contributed by atoms with Gasteiger partial charge in [0.05, 0.1) is 26.2 Å². The molecule has 0 unspecified atom stereocenters. The normalized spacial score (nSPS) is 10.5. The summed E-state index contributed by atoms with van der Waals surface area (Å²) in [5.74, 6) is -1.39. The van der Waals surface area contributed by atoms with E-state index in [0.717, 1.165) is 25.7 Å². The fourth-order valence-corrected chi connectivity index (χ4v) is 2.95. The van der Waals surface area contributed by atoms with Crippen molar-refractivity contribution in [3.63, 3.8) is 0 Å². The predicted molar refractivity (Wildman–Crippen MR) is 123 cm³/mol. The van der Waals surface area contributed by atoms with Gasteiger partial charge in [0.1, 0.15) is 0 Å². The van der Waals surface area contributed by atoms with Gasteiger partial charge in [-0.05, 0) is 25.7 Å². The third-order valence-corrected chi connectivity index (χ3v) is 4.63. The predicted octanol–water partition coefficient (Wildman–Crippen LogP) is -2.02. The van der Waals surface area contributed by atoms with Crippen molar-refractivity contribution < 1.29 is 29.1 Å². The van der Waals surface area contributed by atoms with Crippen LogP contribution >= 0.6 is 0 Å². The van der Waals surface area contributed by atoms with Crippen molar-refractivity contribution in [3.8, 4) is 0 Å². The minimum absolute atomic E-state index is 0.0129. The quantitative estimate of drug-likeness (QED) is 0.111. The van der Waals surface area contributed by atoms with Crippen LogP contribution in [0.5, 0.6) is 0 Å². The molecule has 0 aliphatic rings. The van der Waals surface area contributed by atoms with Gasteiger partial charge in [0.2, 0.25) is 29.5 Å². The van der Waals surface area contributed by atoms with Crippen molar-refractivity contribution in [2.24, 2.45) is 5.73 Å². The average Bonchev–Trinajstić information content (AvgIpc) is 2.76. The Balaban J connectivity index is 4.06. The van der Waals surface area contributed by atoms with Crippen LogP contribution in [0.4, 0.5) is 0 Å². The molecule has 0 aromatic rings. The van der Waals surface area contributed by atoms with Gasteiger partial charge < -0.3 is 32.1 Å². The number of amides is 5. The minimum atomic E-state index is -0.635. The molecule has 0 radical (unpaired) electrons. The highest BCUT2D eigenvalue weighted by Crippen LogP contribution is 2.00. The maximum atomic E-state index is 12.1. The fraction of sp³-hybridized carbons (Fsp3) is 0.762. The van der Waals surface area contributed by atoms with E-state index in [1.54, 1.807) is 7.05 Å². The number of carbonyl (C=O) groups excluding carboxylic acids is 5. The summed E-state index contributed by atoms with van der Waals surface area (Å²) in [6.07, 6.45) is 5.19. The molecule has 0 spiro atoms. The summed E-state index contributed by atoms with van der Waals surface area (Å²) >= 11 is 0. The molecule has 0 aromatic heterocycles. The van der Waals surface area contributed by atoms with Gasteiger partial charge in [-0.2, -0.15) is 0 Å². The van der Waals surface area contributed by atoms with Crippen LogP contribution in [0.2, 0.25) is 0 Å². The second-order valence-corrected chi connectivity index (χ2v) is 7.68. The molecule has 0 aliphatic carbocycles. The topological polar surface area (TPSA) is 183 Å². The lowest BCUT2D eigenvalue weighted by Gasteiger charge is -2.19. The zero-order valence-electron chi connectivity index (χ0n) is 19.6. The van der Waals surface area contributed by atoms with E-state index >= 15 is 0 Å². The SMILES string of the molecule is CNC(=O)CCCCCNC(=O)CN(CC(N)=O)CC(=O)NCCCCCC(=O)NCCO. The van der Waals surface area contributed by atoms with Gasteiger partial charge in [-0.1, -0.05) is 12.8 Å². The highest BCUT2D eigenvalue weighted by atomic mass is 16.3. The number of rotatable bonds is 20. The van der Waals surface area contributed by atoms with E-state index in [2.05, 4.69) is 21.3 Å². The zero-order chi connectivity index (χ0) is 24.9. The lowest BCUT2D eigenvalue weighted by atomic mass is 10.2. The molecular weight excluding hydrogens is 432 g/mol. The number of hydrogen-bond donors (Lipinski definition) is 6. The van der Waals surface area contributed by atoms with Crippen molar-refractivity contribution in [3.05, 3.63) is 0 Å². The highest BCUT2D eigenvalue weighted by molar-refractivity contribution is 5.83. The van der Waals surface area contributed by atoms with Gasteiger partial charge in [0.25, 0.3) is 0 Å². The highest BCUT2D eigenvalue weighted by Gasteiger charge is 2.16. The zero-order valence-corrected chi connectivity index (χ0v) is 19.6. The average molecular weight is 473 g/mol. The molecule has 33 heavy (non-hydrogen) atoms. The van der Waals surface area contributed by atoms with E-state index < -0.39 is 5.91 Å².